The van der Waals surface area contributed by atoms with Crippen molar-refractivity contribution in [3.8, 4) is 0 Å². The summed E-state index contributed by atoms with van der Waals surface area (Å²) < 4.78 is 11.6. The SMILES string of the molecule is COCC1(C2(CN)CC2(C)C)CCCCO1. The van der Waals surface area contributed by atoms with Crippen molar-refractivity contribution in [1.29, 1.82) is 0 Å². The van der Waals surface area contributed by atoms with Crippen LogP contribution < -0.4 is 5.73 Å². The summed E-state index contributed by atoms with van der Waals surface area (Å²) in [5.74, 6) is 0. The maximum Gasteiger partial charge on any atom is 0.0987 e. The fourth-order valence-electron chi connectivity index (χ4n) is 3.74. The van der Waals surface area contributed by atoms with Crippen molar-refractivity contribution in [3.05, 3.63) is 0 Å². The second-order valence-electron chi connectivity index (χ2n) is 6.08. The summed E-state index contributed by atoms with van der Waals surface area (Å²) in [7, 11) is 1.76. The zero-order valence-electron chi connectivity index (χ0n) is 10.8. The average Bonchev–Trinajstić information content (AvgIpc) is 2.85. The van der Waals surface area contributed by atoms with Gasteiger partial charge in [0.05, 0.1) is 12.2 Å². The van der Waals surface area contributed by atoms with Gasteiger partial charge in [0.25, 0.3) is 0 Å². The first-order chi connectivity index (χ1) is 7.54. The number of nitrogens with two attached hydrogens (primary N) is 1. The van der Waals surface area contributed by atoms with Gasteiger partial charge in [-0.1, -0.05) is 13.8 Å². The van der Waals surface area contributed by atoms with Crippen molar-refractivity contribution in [1.82, 2.24) is 0 Å². The lowest BCUT2D eigenvalue weighted by molar-refractivity contribution is -0.164. The van der Waals surface area contributed by atoms with Crippen molar-refractivity contribution in [3.63, 3.8) is 0 Å². The van der Waals surface area contributed by atoms with E-state index in [1.54, 1.807) is 7.11 Å². The predicted octanol–water partition coefficient (Wildman–Crippen LogP) is 1.95. The van der Waals surface area contributed by atoms with E-state index in [4.69, 9.17) is 15.2 Å². The van der Waals surface area contributed by atoms with Crippen molar-refractivity contribution >= 4 is 0 Å². The Balaban J connectivity index is 2.25. The number of methoxy groups -OCH3 is 1. The van der Waals surface area contributed by atoms with Crippen LogP contribution in [-0.4, -0.2) is 32.5 Å². The summed E-state index contributed by atoms with van der Waals surface area (Å²) >= 11 is 0. The monoisotopic (exact) mass is 227 g/mol. The molecule has 0 bridgehead atoms. The summed E-state index contributed by atoms with van der Waals surface area (Å²) in [5, 5.41) is 0. The topological polar surface area (TPSA) is 44.5 Å². The molecule has 16 heavy (non-hydrogen) atoms. The molecular formula is C13H25NO2. The number of rotatable bonds is 4. The molecule has 94 valence electrons. The van der Waals surface area contributed by atoms with Gasteiger partial charge in [0.2, 0.25) is 0 Å². The van der Waals surface area contributed by atoms with Crippen LogP contribution in [0.15, 0.2) is 0 Å². The minimum atomic E-state index is -0.127. The molecule has 0 aromatic heterocycles. The largest absolute Gasteiger partial charge is 0.382 e. The molecule has 0 aromatic carbocycles. The van der Waals surface area contributed by atoms with Crippen LogP contribution in [0.5, 0.6) is 0 Å². The van der Waals surface area contributed by atoms with E-state index in [1.807, 2.05) is 0 Å². The maximum absolute atomic E-state index is 6.15. The quantitative estimate of drug-likeness (QED) is 0.798. The van der Waals surface area contributed by atoms with Crippen molar-refractivity contribution in [2.24, 2.45) is 16.6 Å². The van der Waals surface area contributed by atoms with Gasteiger partial charge in [-0.05, 0) is 31.1 Å². The highest BCUT2D eigenvalue weighted by Gasteiger charge is 2.71. The fourth-order valence-corrected chi connectivity index (χ4v) is 3.74. The van der Waals surface area contributed by atoms with Crippen LogP contribution in [-0.2, 0) is 9.47 Å². The number of ether oxygens (including phenoxy) is 2. The Morgan fingerprint density at radius 2 is 2.00 bits per heavy atom. The van der Waals surface area contributed by atoms with Gasteiger partial charge in [-0.3, -0.25) is 0 Å². The molecule has 3 nitrogen and oxygen atoms in total. The lowest BCUT2D eigenvalue weighted by Gasteiger charge is -2.45. The molecule has 2 rings (SSSR count). The molecule has 2 unspecified atom stereocenters. The molecule has 2 N–H and O–H groups in total. The van der Waals surface area contributed by atoms with Crippen LogP contribution in [0, 0.1) is 10.8 Å². The van der Waals surface area contributed by atoms with Crippen LogP contribution in [0.1, 0.15) is 39.5 Å². The Morgan fingerprint density at radius 3 is 2.38 bits per heavy atom. The highest BCUT2D eigenvalue weighted by atomic mass is 16.5. The minimum Gasteiger partial charge on any atom is -0.382 e. The summed E-state index contributed by atoms with van der Waals surface area (Å²) in [4.78, 5) is 0. The Hall–Kier alpha value is -0.120. The molecule has 0 amide bonds. The molecule has 1 saturated carbocycles. The van der Waals surface area contributed by atoms with E-state index in [0.717, 1.165) is 13.0 Å². The second-order valence-corrected chi connectivity index (χ2v) is 6.08. The molecular weight excluding hydrogens is 202 g/mol. The molecule has 1 saturated heterocycles. The van der Waals surface area contributed by atoms with E-state index in [9.17, 15) is 0 Å². The predicted molar refractivity (Wildman–Crippen MR) is 64.3 cm³/mol. The molecule has 2 fully saturated rings. The summed E-state index contributed by atoms with van der Waals surface area (Å²) in [6.07, 6.45) is 4.68. The molecule has 1 aliphatic heterocycles. The Kier molecular flexibility index (Phi) is 3.06. The minimum absolute atomic E-state index is 0.127. The lowest BCUT2D eigenvalue weighted by Crippen LogP contribution is -2.53. The van der Waals surface area contributed by atoms with E-state index < -0.39 is 0 Å². The first kappa shape index (κ1) is 12.3. The van der Waals surface area contributed by atoms with Gasteiger partial charge in [-0.15, -0.1) is 0 Å². The molecule has 0 spiro atoms. The van der Waals surface area contributed by atoms with Gasteiger partial charge in [0, 0.05) is 25.7 Å². The van der Waals surface area contributed by atoms with Crippen molar-refractivity contribution in [2.45, 2.75) is 45.1 Å². The zero-order chi connectivity index (χ0) is 11.9. The van der Waals surface area contributed by atoms with Crippen molar-refractivity contribution < 1.29 is 9.47 Å². The van der Waals surface area contributed by atoms with Crippen LogP contribution in [0.2, 0.25) is 0 Å². The van der Waals surface area contributed by atoms with Crippen LogP contribution in [0.3, 0.4) is 0 Å². The van der Waals surface area contributed by atoms with E-state index in [0.29, 0.717) is 18.6 Å². The molecule has 0 aromatic rings. The first-order valence-corrected chi connectivity index (χ1v) is 6.37. The Labute approximate surface area is 98.7 Å². The third-order valence-corrected chi connectivity index (χ3v) is 4.87. The second kappa shape index (κ2) is 3.97. The summed E-state index contributed by atoms with van der Waals surface area (Å²) in [6, 6.07) is 0. The Bertz CT molecular complexity index is 253. The summed E-state index contributed by atoms with van der Waals surface area (Å²) in [5.41, 5.74) is 6.37. The van der Waals surface area contributed by atoms with Gasteiger partial charge in [0.15, 0.2) is 0 Å². The number of hydrogen-bond acceptors (Lipinski definition) is 3. The highest BCUT2D eigenvalue weighted by Crippen LogP contribution is 2.70. The van der Waals surface area contributed by atoms with Crippen LogP contribution in [0.4, 0.5) is 0 Å². The van der Waals surface area contributed by atoms with Crippen LogP contribution in [0.25, 0.3) is 0 Å². The average molecular weight is 227 g/mol. The first-order valence-electron chi connectivity index (χ1n) is 6.37. The molecule has 2 aliphatic rings. The van der Waals surface area contributed by atoms with E-state index in [-0.39, 0.29) is 11.0 Å². The standard InChI is InChI=1S/C13H25NO2/c1-11(2)8-12(11,9-14)13(10-15-3)6-4-5-7-16-13/h4-10,14H2,1-3H3. The molecule has 1 heterocycles. The van der Waals surface area contributed by atoms with E-state index >= 15 is 0 Å². The molecule has 2 atom stereocenters. The molecule has 1 aliphatic carbocycles. The van der Waals surface area contributed by atoms with Gasteiger partial charge in [-0.25, -0.2) is 0 Å². The highest BCUT2D eigenvalue weighted by molar-refractivity contribution is 5.21. The maximum atomic E-state index is 6.15. The summed E-state index contributed by atoms with van der Waals surface area (Å²) in [6.45, 7) is 6.86. The van der Waals surface area contributed by atoms with Gasteiger partial charge >= 0.3 is 0 Å². The van der Waals surface area contributed by atoms with Crippen LogP contribution >= 0.6 is 0 Å². The molecule has 0 radical (unpaired) electrons. The third-order valence-electron chi connectivity index (χ3n) is 4.87. The lowest BCUT2D eigenvalue weighted by atomic mass is 9.74. The third kappa shape index (κ3) is 1.52. The fraction of sp³-hybridized carbons (Fsp3) is 1.00. The zero-order valence-corrected chi connectivity index (χ0v) is 10.8. The van der Waals surface area contributed by atoms with Gasteiger partial charge in [0.1, 0.15) is 0 Å². The van der Waals surface area contributed by atoms with E-state index in [1.165, 1.54) is 19.3 Å². The number of hydrogen-bond donors (Lipinski definition) is 1. The van der Waals surface area contributed by atoms with Gasteiger partial charge < -0.3 is 15.2 Å². The Morgan fingerprint density at radius 1 is 1.31 bits per heavy atom. The molecule has 3 heteroatoms. The van der Waals surface area contributed by atoms with E-state index in [2.05, 4.69) is 13.8 Å². The van der Waals surface area contributed by atoms with Gasteiger partial charge in [-0.2, -0.15) is 0 Å². The smallest absolute Gasteiger partial charge is 0.0987 e. The van der Waals surface area contributed by atoms with Crippen molar-refractivity contribution in [2.75, 3.05) is 26.9 Å². The normalized spacial score (nSPS) is 42.0.